The van der Waals surface area contributed by atoms with Gasteiger partial charge >= 0.3 is 0 Å². The molecule has 0 aliphatic carbocycles. The Morgan fingerprint density at radius 1 is 1.19 bits per heavy atom. The molecule has 0 fully saturated rings. The molecule has 0 aliphatic rings. The lowest BCUT2D eigenvalue weighted by Crippen LogP contribution is -2.30. The Balaban J connectivity index is 1.51. The van der Waals surface area contributed by atoms with Crippen LogP contribution in [0.4, 0.5) is 5.13 Å². The Kier molecular flexibility index (Phi) is 6.49. The van der Waals surface area contributed by atoms with Crippen LogP contribution in [0.5, 0.6) is 5.75 Å². The summed E-state index contributed by atoms with van der Waals surface area (Å²) in [5.41, 5.74) is 1.21. The van der Waals surface area contributed by atoms with Crippen molar-refractivity contribution < 1.29 is 9.53 Å². The third-order valence-corrected chi connectivity index (χ3v) is 5.63. The number of carbonyl (C=O) groups is 1. The van der Waals surface area contributed by atoms with E-state index in [0.29, 0.717) is 15.9 Å². The van der Waals surface area contributed by atoms with Crippen LogP contribution in [0, 0.1) is 0 Å². The summed E-state index contributed by atoms with van der Waals surface area (Å²) >= 11 is 8.76. The molecule has 1 amide bonds. The summed E-state index contributed by atoms with van der Waals surface area (Å²) in [5.74, 6) is 1.10. The number of carbonyl (C=O) groups excluding carboxylic acids is 1. The van der Waals surface area contributed by atoms with Crippen LogP contribution in [-0.2, 0) is 10.5 Å². The molecule has 26 heavy (non-hydrogen) atoms. The number of ether oxygens (including phenoxy) is 1. The van der Waals surface area contributed by atoms with Gasteiger partial charge in [-0.3, -0.25) is 10.1 Å². The summed E-state index contributed by atoms with van der Waals surface area (Å²) in [6.45, 7) is 1.68. The molecule has 5 nitrogen and oxygen atoms in total. The third-order valence-electron chi connectivity index (χ3n) is 3.34. The first kappa shape index (κ1) is 18.7. The molecule has 0 unspecified atom stereocenters. The molecule has 0 saturated carbocycles. The minimum atomic E-state index is -0.666. The monoisotopic (exact) mass is 405 g/mol. The van der Waals surface area contributed by atoms with Crippen LogP contribution in [0.15, 0.2) is 58.9 Å². The summed E-state index contributed by atoms with van der Waals surface area (Å²) in [5, 5.41) is 11.9. The second kappa shape index (κ2) is 9.02. The fraction of sp³-hybridized carbons (Fsp3) is 0.167. The molecule has 0 aliphatic heterocycles. The quantitative estimate of drug-likeness (QED) is 0.448. The number of hydrogen-bond acceptors (Lipinski definition) is 6. The molecule has 0 saturated heterocycles. The predicted molar refractivity (Wildman–Crippen MR) is 106 cm³/mol. The topological polar surface area (TPSA) is 64.1 Å². The number of nitrogens with one attached hydrogen (secondary N) is 1. The normalized spacial score (nSPS) is 11.8. The van der Waals surface area contributed by atoms with Crippen LogP contribution in [0.1, 0.15) is 12.5 Å². The molecule has 3 rings (SSSR count). The summed E-state index contributed by atoms with van der Waals surface area (Å²) in [6.07, 6.45) is -0.666. The Hall–Kier alpha value is -2.09. The second-order valence-electron chi connectivity index (χ2n) is 5.35. The fourth-order valence-corrected chi connectivity index (χ4v) is 3.85. The highest BCUT2D eigenvalue weighted by Gasteiger charge is 2.17. The SMILES string of the molecule is C[C@@H](Oc1ccc(Cl)cc1)C(=O)Nc1nnc(SCc2ccccc2)s1. The number of anilines is 1. The lowest BCUT2D eigenvalue weighted by molar-refractivity contribution is -0.122. The van der Waals surface area contributed by atoms with Crippen molar-refractivity contribution in [3.05, 3.63) is 65.2 Å². The lowest BCUT2D eigenvalue weighted by Gasteiger charge is -2.13. The molecule has 2 aromatic carbocycles. The van der Waals surface area contributed by atoms with Gasteiger partial charge in [-0.2, -0.15) is 0 Å². The average molecular weight is 406 g/mol. The number of hydrogen-bond donors (Lipinski definition) is 1. The fourth-order valence-electron chi connectivity index (χ4n) is 2.02. The van der Waals surface area contributed by atoms with Gasteiger partial charge in [0.2, 0.25) is 5.13 Å². The average Bonchev–Trinajstić information content (AvgIpc) is 3.10. The molecule has 0 spiro atoms. The van der Waals surface area contributed by atoms with E-state index in [2.05, 4.69) is 27.6 Å². The maximum atomic E-state index is 12.2. The van der Waals surface area contributed by atoms with E-state index in [9.17, 15) is 4.79 Å². The van der Waals surface area contributed by atoms with Crippen LogP contribution in [0.25, 0.3) is 0 Å². The molecule has 134 valence electrons. The smallest absolute Gasteiger partial charge is 0.266 e. The first-order valence-corrected chi connectivity index (χ1v) is 10.0. The first-order chi connectivity index (χ1) is 12.6. The Morgan fingerprint density at radius 2 is 1.92 bits per heavy atom. The van der Waals surface area contributed by atoms with Gasteiger partial charge in [-0.05, 0) is 36.8 Å². The summed E-state index contributed by atoms with van der Waals surface area (Å²) < 4.78 is 6.40. The zero-order valence-electron chi connectivity index (χ0n) is 13.9. The third kappa shape index (κ3) is 5.45. The maximum absolute atomic E-state index is 12.2. The molecule has 1 atom stereocenters. The van der Waals surface area contributed by atoms with Crippen molar-refractivity contribution in [3.8, 4) is 5.75 Å². The van der Waals surface area contributed by atoms with Crippen molar-refractivity contribution in [1.29, 1.82) is 0 Å². The second-order valence-corrected chi connectivity index (χ2v) is 7.99. The predicted octanol–water partition coefficient (Wildman–Crippen LogP) is 4.89. The van der Waals surface area contributed by atoms with E-state index in [0.717, 1.165) is 10.1 Å². The van der Waals surface area contributed by atoms with Crippen LogP contribution in [-0.4, -0.2) is 22.2 Å². The van der Waals surface area contributed by atoms with Crippen molar-refractivity contribution in [2.45, 2.75) is 23.1 Å². The molecule has 3 aromatic rings. The van der Waals surface area contributed by atoms with E-state index in [1.54, 1.807) is 43.0 Å². The molecule has 1 heterocycles. The Labute approximate surface area is 164 Å². The highest BCUT2D eigenvalue weighted by Crippen LogP contribution is 2.28. The number of amides is 1. The van der Waals surface area contributed by atoms with Gasteiger partial charge in [-0.25, -0.2) is 0 Å². The summed E-state index contributed by atoms with van der Waals surface area (Å²) in [6, 6.07) is 17.0. The van der Waals surface area contributed by atoms with Crippen molar-refractivity contribution in [3.63, 3.8) is 0 Å². The molecule has 0 radical (unpaired) electrons. The van der Waals surface area contributed by atoms with E-state index in [1.807, 2.05) is 18.2 Å². The lowest BCUT2D eigenvalue weighted by atomic mass is 10.2. The van der Waals surface area contributed by atoms with E-state index < -0.39 is 6.10 Å². The van der Waals surface area contributed by atoms with Gasteiger partial charge in [-0.15, -0.1) is 10.2 Å². The molecule has 0 bridgehead atoms. The largest absolute Gasteiger partial charge is 0.481 e. The van der Waals surface area contributed by atoms with Gasteiger partial charge in [0.25, 0.3) is 5.91 Å². The van der Waals surface area contributed by atoms with Gasteiger partial charge in [0.15, 0.2) is 10.4 Å². The molecule has 1 N–H and O–H groups in total. The van der Waals surface area contributed by atoms with Gasteiger partial charge in [-0.1, -0.05) is 65.0 Å². The number of aromatic nitrogens is 2. The van der Waals surface area contributed by atoms with Crippen molar-refractivity contribution in [2.75, 3.05) is 5.32 Å². The van der Waals surface area contributed by atoms with Gasteiger partial charge in [0.05, 0.1) is 0 Å². The Morgan fingerprint density at radius 3 is 2.65 bits per heavy atom. The van der Waals surface area contributed by atoms with Crippen LogP contribution >= 0.6 is 34.7 Å². The van der Waals surface area contributed by atoms with Crippen molar-refractivity contribution in [2.24, 2.45) is 0 Å². The summed E-state index contributed by atoms with van der Waals surface area (Å²) in [7, 11) is 0. The van der Waals surface area contributed by atoms with Gasteiger partial charge in [0.1, 0.15) is 5.75 Å². The number of thioether (sulfide) groups is 1. The summed E-state index contributed by atoms with van der Waals surface area (Å²) in [4.78, 5) is 12.2. The number of nitrogens with zero attached hydrogens (tertiary/aromatic N) is 2. The zero-order valence-corrected chi connectivity index (χ0v) is 16.3. The minimum Gasteiger partial charge on any atom is -0.481 e. The van der Waals surface area contributed by atoms with E-state index >= 15 is 0 Å². The van der Waals surface area contributed by atoms with Crippen molar-refractivity contribution >= 4 is 45.7 Å². The molecule has 8 heteroatoms. The number of halogens is 1. The molecular formula is C18H16ClN3O2S2. The van der Waals surface area contributed by atoms with E-state index in [1.165, 1.54) is 16.9 Å². The minimum absolute atomic E-state index is 0.282. The van der Waals surface area contributed by atoms with Crippen LogP contribution in [0.2, 0.25) is 5.02 Å². The van der Waals surface area contributed by atoms with Gasteiger partial charge < -0.3 is 4.74 Å². The van der Waals surface area contributed by atoms with Crippen molar-refractivity contribution in [1.82, 2.24) is 10.2 Å². The molecular weight excluding hydrogens is 390 g/mol. The first-order valence-electron chi connectivity index (χ1n) is 7.83. The highest BCUT2D eigenvalue weighted by molar-refractivity contribution is 8.00. The zero-order chi connectivity index (χ0) is 18.4. The maximum Gasteiger partial charge on any atom is 0.266 e. The number of benzene rings is 2. The van der Waals surface area contributed by atoms with E-state index in [4.69, 9.17) is 16.3 Å². The Bertz CT molecular complexity index is 856. The van der Waals surface area contributed by atoms with Crippen LogP contribution in [0.3, 0.4) is 0 Å². The molecule has 1 aromatic heterocycles. The van der Waals surface area contributed by atoms with Gasteiger partial charge in [0, 0.05) is 10.8 Å². The number of rotatable bonds is 7. The van der Waals surface area contributed by atoms with Crippen LogP contribution < -0.4 is 10.1 Å². The standard InChI is InChI=1S/C18H16ClN3O2S2/c1-12(24-15-9-7-14(19)8-10-15)16(23)20-17-21-22-18(26-17)25-11-13-5-3-2-4-6-13/h2-10,12H,11H2,1H3,(H,20,21,23)/t12-/m1/s1. The van der Waals surface area contributed by atoms with E-state index in [-0.39, 0.29) is 5.91 Å². The highest BCUT2D eigenvalue weighted by atomic mass is 35.5.